The predicted octanol–water partition coefficient (Wildman–Crippen LogP) is 3.72. The van der Waals surface area contributed by atoms with Gasteiger partial charge in [0.15, 0.2) is 0 Å². The average Bonchev–Trinajstić information content (AvgIpc) is 2.81. The van der Waals surface area contributed by atoms with Crippen LogP contribution >= 0.6 is 12.1 Å². The molecule has 2 aliphatic heterocycles. The van der Waals surface area contributed by atoms with Gasteiger partial charge in [0.25, 0.3) is 0 Å². The molecule has 0 radical (unpaired) electrons. The lowest BCUT2D eigenvalue weighted by molar-refractivity contribution is 0.0745. The monoisotopic (exact) mass is 422 g/mol. The van der Waals surface area contributed by atoms with Crippen LogP contribution in [-0.4, -0.2) is 60.1 Å². The molecule has 2 N–H and O–H groups in total. The van der Waals surface area contributed by atoms with E-state index in [-0.39, 0.29) is 0 Å². The van der Waals surface area contributed by atoms with E-state index in [0.717, 1.165) is 43.7 Å². The number of nitrogens with zero attached hydrogens (tertiary/aromatic N) is 3. The first kappa shape index (κ1) is 22.8. The van der Waals surface area contributed by atoms with Crippen molar-refractivity contribution in [3.8, 4) is 5.88 Å². The van der Waals surface area contributed by atoms with Crippen molar-refractivity contribution < 1.29 is 9.47 Å². The van der Waals surface area contributed by atoms with Gasteiger partial charge in [-0.2, -0.15) is 0 Å². The number of hydrogen-bond acceptors (Lipinski definition) is 7. The third-order valence-corrected chi connectivity index (χ3v) is 7.34. The molecule has 3 aliphatic rings. The van der Waals surface area contributed by atoms with Crippen LogP contribution in [0.1, 0.15) is 50.5 Å². The highest BCUT2D eigenvalue weighted by molar-refractivity contribution is 7.94. The highest BCUT2D eigenvalue weighted by Crippen LogP contribution is 2.36. The molecule has 1 aliphatic carbocycles. The van der Waals surface area contributed by atoms with Crippen LogP contribution in [0, 0.1) is 11.8 Å². The highest BCUT2D eigenvalue weighted by atomic mass is 32.2. The number of morpholine rings is 1. The van der Waals surface area contributed by atoms with Gasteiger partial charge in [0.05, 0.1) is 20.3 Å². The molecule has 7 heteroatoms. The Labute approximate surface area is 180 Å². The summed E-state index contributed by atoms with van der Waals surface area (Å²) in [7, 11) is 1.59. The topological polar surface area (TPSA) is 63.9 Å². The average molecular weight is 423 g/mol. The summed E-state index contributed by atoms with van der Waals surface area (Å²) in [6, 6.07) is 3.68. The van der Waals surface area contributed by atoms with E-state index < -0.39 is 0 Å². The standard InChI is InChI=1S/C15H28N2OS.C7H10N2O/c1-2-5-14(6-3-1)15-7-4-8-17(13-15)19-16-9-11-18-12-10-16;1-10-7-4-6(5-8)2-3-9-7/h14-15H,1-13H2;2-4H,5,8H2,1H3. The van der Waals surface area contributed by atoms with E-state index in [1.807, 2.05) is 24.3 Å². The Morgan fingerprint density at radius 3 is 2.55 bits per heavy atom. The molecule has 0 spiro atoms. The molecule has 1 atom stereocenters. The summed E-state index contributed by atoms with van der Waals surface area (Å²) in [5.74, 6) is 2.62. The number of aromatic nitrogens is 1. The van der Waals surface area contributed by atoms with Gasteiger partial charge in [-0.1, -0.05) is 32.1 Å². The number of piperidine rings is 1. The van der Waals surface area contributed by atoms with Crippen molar-refractivity contribution >= 4 is 12.1 Å². The van der Waals surface area contributed by atoms with Crippen molar-refractivity contribution in [3.05, 3.63) is 23.9 Å². The van der Waals surface area contributed by atoms with Crippen LogP contribution in [0.4, 0.5) is 0 Å². The van der Waals surface area contributed by atoms with Crippen molar-refractivity contribution in [1.82, 2.24) is 13.6 Å². The fraction of sp³-hybridized carbons (Fsp3) is 0.773. The van der Waals surface area contributed by atoms with E-state index in [1.54, 1.807) is 13.3 Å². The zero-order valence-electron chi connectivity index (χ0n) is 17.9. The quantitative estimate of drug-likeness (QED) is 0.726. The second-order valence-corrected chi connectivity index (χ2v) is 9.42. The molecule has 1 aromatic heterocycles. The second-order valence-electron chi connectivity index (χ2n) is 8.22. The molecule has 0 bridgehead atoms. The van der Waals surface area contributed by atoms with E-state index in [9.17, 15) is 0 Å². The Morgan fingerprint density at radius 2 is 1.83 bits per heavy atom. The van der Waals surface area contributed by atoms with Gasteiger partial charge in [0, 0.05) is 57.1 Å². The first-order valence-electron chi connectivity index (χ1n) is 11.2. The summed E-state index contributed by atoms with van der Waals surface area (Å²) >= 11 is 2.00. The van der Waals surface area contributed by atoms with Crippen molar-refractivity contribution in [2.75, 3.05) is 46.5 Å². The van der Waals surface area contributed by atoms with Gasteiger partial charge in [-0.25, -0.2) is 13.6 Å². The smallest absolute Gasteiger partial charge is 0.213 e. The zero-order valence-corrected chi connectivity index (χ0v) is 18.7. The SMILES string of the molecule is C1CCC(C2CCCN(SN3CCOCC3)C2)CC1.COc1cc(CN)ccn1. The molecule has 1 saturated carbocycles. The van der Waals surface area contributed by atoms with Crippen LogP contribution in [0.2, 0.25) is 0 Å². The fourth-order valence-corrected chi connectivity index (χ4v) is 5.63. The second kappa shape index (κ2) is 12.7. The summed E-state index contributed by atoms with van der Waals surface area (Å²) < 4.78 is 15.4. The first-order chi connectivity index (χ1) is 14.3. The number of rotatable bonds is 5. The number of hydrogen-bond donors (Lipinski definition) is 1. The summed E-state index contributed by atoms with van der Waals surface area (Å²) in [4.78, 5) is 3.93. The number of ether oxygens (including phenoxy) is 2. The predicted molar refractivity (Wildman–Crippen MR) is 120 cm³/mol. The Morgan fingerprint density at radius 1 is 1.07 bits per heavy atom. The van der Waals surface area contributed by atoms with Crippen LogP contribution in [-0.2, 0) is 11.3 Å². The van der Waals surface area contributed by atoms with Gasteiger partial charge in [-0.05, 0) is 36.3 Å². The minimum absolute atomic E-state index is 0.527. The maximum Gasteiger partial charge on any atom is 0.213 e. The Hall–Kier alpha value is -0.860. The molecule has 1 unspecified atom stereocenters. The lowest BCUT2D eigenvalue weighted by Gasteiger charge is -2.39. The maximum atomic E-state index is 5.43. The first-order valence-corrected chi connectivity index (χ1v) is 12.0. The largest absolute Gasteiger partial charge is 0.481 e. The number of nitrogens with two attached hydrogens (primary N) is 1. The molecule has 164 valence electrons. The lowest BCUT2D eigenvalue weighted by Crippen LogP contribution is -2.40. The van der Waals surface area contributed by atoms with E-state index in [4.69, 9.17) is 15.2 Å². The van der Waals surface area contributed by atoms with Crippen LogP contribution in [0.5, 0.6) is 5.88 Å². The van der Waals surface area contributed by atoms with E-state index in [0.29, 0.717) is 12.4 Å². The molecular weight excluding hydrogens is 384 g/mol. The highest BCUT2D eigenvalue weighted by Gasteiger charge is 2.29. The van der Waals surface area contributed by atoms with Gasteiger partial charge in [0.2, 0.25) is 5.88 Å². The van der Waals surface area contributed by atoms with Gasteiger partial charge >= 0.3 is 0 Å². The normalized spacial score (nSPS) is 24.6. The lowest BCUT2D eigenvalue weighted by atomic mass is 9.77. The van der Waals surface area contributed by atoms with E-state index in [1.165, 1.54) is 58.0 Å². The molecule has 4 rings (SSSR count). The van der Waals surface area contributed by atoms with Crippen molar-refractivity contribution in [2.45, 2.75) is 51.5 Å². The van der Waals surface area contributed by atoms with E-state index in [2.05, 4.69) is 13.6 Å². The number of methoxy groups -OCH3 is 1. The molecule has 0 aromatic carbocycles. The van der Waals surface area contributed by atoms with Crippen molar-refractivity contribution in [1.29, 1.82) is 0 Å². The molecule has 6 nitrogen and oxygen atoms in total. The minimum atomic E-state index is 0.527. The molecule has 3 heterocycles. The van der Waals surface area contributed by atoms with Gasteiger partial charge in [-0.3, -0.25) is 0 Å². The van der Waals surface area contributed by atoms with Crippen molar-refractivity contribution in [2.24, 2.45) is 17.6 Å². The summed E-state index contributed by atoms with van der Waals surface area (Å²) in [6.45, 7) is 7.14. The minimum Gasteiger partial charge on any atom is -0.481 e. The zero-order chi connectivity index (χ0) is 20.3. The Bertz CT molecular complexity index is 560. The van der Waals surface area contributed by atoms with Crippen LogP contribution in [0.15, 0.2) is 18.3 Å². The fourth-order valence-electron chi connectivity index (χ4n) is 4.52. The Kier molecular flexibility index (Phi) is 10.0. The summed E-state index contributed by atoms with van der Waals surface area (Å²) in [6.07, 6.45) is 12.0. The van der Waals surface area contributed by atoms with Crippen LogP contribution in [0.25, 0.3) is 0 Å². The summed E-state index contributed by atoms with van der Waals surface area (Å²) in [5, 5.41) is 0. The van der Waals surface area contributed by atoms with Crippen molar-refractivity contribution in [3.63, 3.8) is 0 Å². The Balaban J connectivity index is 0.000000204. The third kappa shape index (κ3) is 7.72. The summed E-state index contributed by atoms with van der Waals surface area (Å²) in [5.41, 5.74) is 6.42. The van der Waals surface area contributed by atoms with Gasteiger partial charge < -0.3 is 15.2 Å². The molecule has 2 saturated heterocycles. The number of pyridine rings is 1. The maximum absolute atomic E-state index is 5.43. The third-order valence-electron chi connectivity index (χ3n) is 6.18. The molecular formula is C22H38N4O2S. The van der Waals surface area contributed by atoms with Gasteiger partial charge in [-0.15, -0.1) is 0 Å². The van der Waals surface area contributed by atoms with E-state index >= 15 is 0 Å². The van der Waals surface area contributed by atoms with Crippen LogP contribution in [0.3, 0.4) is 0 Å². The van der Waals surface area contributed by atoms with Crippen LogP contribution < -0.4 is 10.5 Å². The van der Waals surface area contributed by atoms with Gasteiger partial charge in [0.1, 0.15) is 0 Å². The molecule has 1 aromatic rings. The molecule has 3 fully saturated rings. The molecule has 0 amide bonds. The molecule has 29 heavy (non-hydrogen) atoms.